The number of carbonyl (C=O) groups excluding carboxylic acids is 1. The van der Waals surface area contributed by atoms with Crippen molar-refractivity contribution in [2.45, 2.75) is 24.7 Å². The molecule has 2 aromatic rings. The number of carbonyl (C=O) groups is 1. The fraction of sp³-hybridized carbons (Fsp3) is 0.412. The van der Waals surface area contributed by atoms with E-state index in [0.29, 0.717) is 26.1 Å². The van der Waals surface area contributed by atoms with Crippen LogP contribution in [0.2, 0.25) is 0 Å². The molecule has 1 amide bonds. The van der Waals surface area contributed by atoms with Crippen molar-refractivity contribution in [1.82, 2.24) is 15.5 Å². The second kappa shape index (κ2) is 7.26. The van der Waals surface area contributed by atoms with E-state index in [1.807, 2.05) is 6.07 Å². The summed E-state index contributed by atoms with van der Waals surface area (Å²) in [6.07, 6.45) is -1.47. The summed E-state index contributed by atoms with van der Waals surface area (Å²) in [5, 5.41) is 8.49. The second-order valence-electron chi connectivity index (χ2n) is 6.09. The lowest BCUT2D eigenvalue weighted by Crippen LogP contribution is -2.44. The number of alkyl halides is 2. The van der Waals surface area contributed by atoms with Gasteiger partial charge in [0.15, 0.2) is 0 Å². The predicted octanol–water partition coefficient (Wildman–Crippen LogP) is 2.96. The van der Waals surface area contributed by atoms with E-state index in [-0.39, 0.29) is 18.1 Å². The second-order valence-corrected chi connectivity index (χ2v) is 6.09. The maximum absolute atomic E-state index is 13.6. The largest absolute Gasteiger partial charge is 0.381 e. The molecule has 25 heavy (non-hydrogen) atoms. The normalized spacial score (nSPS) is 16.8. The van der Waals surface area contributed by atoms with Gasteiger partial charge in [-0.1, -0.05) is 12.1 Å². The third-order valence-corrected chi connectivity index (χ3v) is 4.54. The highest BCUT2D eigenvalue weighted by Crippen LogP contribution is 2.34. The third-order valence-electron chi connectivity index (χ3n) is 4.54. The van der Waals surface area contributed by atoms with Crippen LogP contribution in [0.3, 0.4) is 0 Å². The Labute approximate surface area is 142 Å². The van der Waals surface area contributed by atoms with Crippen molar-refractivity contribution in [2.24, 2.45) is 0 Å². The zero-order chi connectivity index (χ0) is 17.9. The lowest BCUT2D eigenvalue weighted by Gasteiger charge is -2.37. The Morgan fingerprint density at radius 2 is 2.08 bits per heavy atom. The summed E-state index contributed by atoms with van der Waals surface area (Å²) in [4.78, 5) is 12.2. The monoisotopic (exact) mass is 353 g/mol. The Morgan fingerprint density at radius 3 is 2.72 bits per heavy atom. The van der Waals surface area contributed by atoms with Crippen LogP contribution in [0.1, 0.15) is 41.0 Å². The van der Waals surface area contributed by atoms with Gasteiger partial charge in [0.25, 0.3) is 12.3 Å². The van der Waals surface area contributed by atoms with Crippen LogP contribution in [0.25, 0.3) is 0 Å². The topological polar surface area (TPSA) is 67.0 Å². The van der Waals surface area contributed by atoms with Crippen LogP contribution in [0, 0.1) is 5.82 Å². The molecule has 0 radical (unpaired) electrons. The van der Waals surface area contributed by atoms with Crippen molar-refractivity contribution in [2.75, 3.05) is 19.8 Å². The molecule has 1 saturated heterocycles. The lowest BCUT2D eigenvalue weighted by atomic mass is 9.74. The van der Waals surface area contributed by atoms with Crippen molar-refractivity contribution in [3.05, 3.63) is 53.1 Å². The van der Waals surface area contributed by atoms with Crippen LogP contribution in [-0.2, 0) is 10.2 Å². The van der Waals surface area contributed by atoms with E-state index in [9.17, 15) is 18.0 Å². The van der Waals surface area contributed by atoms with E-state index in [1.54, 1.807) is 6.07 Å². The number of rotatable bonds is 5. The van der Waals surface area contributed by atoms with Crippen molar-refractivity contribution < 1.29 is 22.7 Å². The number of hydrogen-bond acceptors (Lipinski definition) is 3. The first-order valence-corrected chi connectivity index (χ1v) is 7.96. The molecule has 0 bridgehead atoms. The number of aromatic amines is 1. The van der Waals surface area contributed by atoms with Gasteiger partial charge in [0.1, 0.15) is 17.2 Å². The smallest absolute Gasteiger partial charge is 0.279 e. The molecule has 1 aliphatic rings. The molecule has 0 spiro atoms. The molecule has 0 saturated carbocycles. The summed E-state index contributed by atoms with van der Waals surface area (Å²) >= 11 is 0. The number of halogens is 3. The van der Waals surface area contributed by atoms with E-state index in [1.165, 1.54) is 12.1 Å². The average Bonchev–Trinajstić information content (AvgIpc) is 3.11. The van der Waals surface area contributed by atoms with Crippen molar-refractivity contribution in [3.63, 3.8) is 0 Å². The molecule has 0 aliphatic carbocycles. The van der Waals surface area contributed by atoms with Gasteiger partial charge in [-0.25, -0.2) is 13.2 Å². The van der Waals surface area contributed by atoms with Crippen LogP contribution in [0.4, 0.5) is 13.2 Å². The van der Waals surface area contributed by atoms with Crippen LogP contribution < -0.4 is 5.32 Å². The molecule has 8 heteroatoms. The van der Waals surface area contributed by atoms with Gasteiger partial charge in [0.2, 0.25) is 0 Å². The zero-order valence-electron chi connectivity index (χ0n) is 13.4. The molecule has 3 rings (SSSR count). The van der Waals surface area contributed by atoms with Gasteiger partial charge in [-0.3, -0.25) is 9.89 Å². The van der Waals surface area contributed by atoms with Crippen LogP contribution in [0.15, 0.2) is 30.3 Å². The first kappa shape index (κ1) is 17.5. The Balaban J connectivity index is 1.75. The number of amides is 1. The molecule has 1 aromatic heterocycles. The highest BCUT2D eigenvalue weighted by molar-refractivity contribution is 5.92. The minimum absolute atomic E-state index is 0.100. The molecular formula is C17H18F3N3O2. The Hall–Kier alpha value is -2.35. The molecule has 0 atom stereocenters. The van der Waals surface area contributed by atoms with Crippen LogP contribution >= 0.6 is 0 Å². The number of nitrogens with zero attached hydrogens (tertiary/aromatic N) is 1. The number of H-pyrrole nitrogens is 1. The Kier molecular flexibility index (Phi) is 5.08. The highest BCUT2D eigenvalue weighted by Gasteiger charge is 2.35. The van der Waals surface area contributed by atoms with E-state index >= 15 is 0 Å². The first-order chi connectivity index (χ1) is 12.0. The Bertz CT molecular complexity index is 742. The number of nitrogens with one attached hydrogen (secondary N) is 2. The molecular weight excluding hydrogens is 335 g/mol. The van der Waals surface area contributed by atoms with E-state index in [4.69, 9.17) is 4.74 Å². The molecule has 2 heterocycles. The van der Waals surface area contributed by atoms with Gasteiger partial charge in [-0.05, 0) is 36.6 Å². The molecule has 1 aromatic carbocycles. The summed E-state index contributed by atoms with van der Waals surface area (Å²) in [5.74, 6) is -0.894. The SMILES string of the molecule is O=C(NCC1(c2cccc(F)c2)CCOCC1)c1cc(C(F)F)[nH]n1. The number of aromatic nitrogens is 2. The fourth-order valence-corrected chi connectivity index (χ4v) is 3.05. The minimum Gasteiger partial charge on any atom is -0.381 e. The molecule has 2 N–H and O–H groups in total. The first-order valence-electron chi connectivity index (χ1n) is 7.96. The van der Waals surface area contributed by atoms with E-state index < -0.39 is 23.4 Å². The maximum Gasteiger partial charge on any atom is 0.279 e. The van der Waals surface area contributed by atoms with Gasteiger partial charge in [0.05, 0.1) is 0 Å². The summed E-state index contributed by atoms with van der Waals surface area (Å²) in [6, 6.07) is 7.31. The maximum atomic E-state index is 13.6. The highest BCUT2D eigenvalue weighted by atomic mass is 19.3. The number of benzene rings is 1. The van der Waals surface area contributed by atoms with Crippen molar-refractivity contribution in [1.29, 1.82) is 0 Å². The number of ether oxygens (including phenoxy) is 1. The minimum atomic E-state index is -2.72. The lowest BCUT2D eigenvalue weighted by molar-refractivity contribution is 0.0485. The summed E-state index contributed by atoms with van der Waals surface area (Å²) < 4.78 is 44.2. The van der Waals surface area contributed by atoms with Crippen molar-refractivity contribution >= 4 is 5.91 Å². The van der Waals surface area contributed by atoms with Crippen molar-refractivity contribution in [3.8, 4) is 0 Å². The molecule has 1 fully saturated rings. The molecule has 5 nitrogen and oxygen atoms in total. The van der Waals surface area contributed by atoms with Crippen LogP contribution in [0.5, 0.6) is 0 Å². The molecule has 0 unspecified atom stereocenters. The molecule has 134 valence electrons. The average molecular weight is 353 g/mol. The van der Waals surface area contributed by atoms with Crippen LogP contribution in [-0.4, -0.2) is 35.9 Å². The number of hydrogen-bond donors (Lipinski definition) is 2. The Morgan fingerprint density at radius 1 is 1.32 bits per heavy atom. The quantitative estimate of drug-likeness (QED) is 0.868. The van der Waals surface area contributed by atoms with E-state index in [0.717, 1.165) is 11.6 Å². The standard InChI is InChI=1S/C17H18F3N3O2/c18-12-3-1-2-11(8-12)17(4-6-25-7-5-17)10-21-16(24)14-9-13(15(19)20)22-23-14/h1-3,8-9,15H,4-7,10H2,(H,21,24)(H,22,23). The van der Waals surface area contributed by atoms with Gasteiger partial charge in [-0.2, -0.15) is 5.10 Å². The molecule has 1 aliphatic heterocycles. The van der Waals surface area contributed by atoms with Gasteiger partial charge in [0, 0.05) is 25.2 Å². The summed E-state index contributed by atoms with van der Waals surface area (Å²) in [5.41, 5.74) is -0.183. The van der Waals surface area contributed by atoms with Gasteiger partial charge in [-0.15, -0.1) is 0 Å². The predicted molar refractivity (Wildman–Crippen MR) is 84.0 cm³/mol. The fourth-order valence-electron chi connectivity index (χ4n) is 3.05. The third kappa shape index (κ3) is 3.84. The zero-order valence-corrected chi connectivity index (χ0v) is 13.4. The summed E-state index contributed by atoms with van der Waals surface area (Å²) in [6.45, 7) is 1.25. The van der Waals surface area contributed by atoms with E-state index in [2.05, 4.69) is 15.5 Å². The van der Waals surface area contributed by atoms with Gasteiger partial charge < -0.3 is 10.1 Å². The van der Waals surface area contributed by atoms with Gasteiger partial charge >= 0.3 is 0 Å². The summed E-state index contributed by atoms with van der Waals surface area (Å²) in [7, 11) is 0.